The van der Waals surface area contributed by atoms with E-state index < -0.39 is 11.8 Å². The molecule has 0 radical (unpaired) electrons. The van der Waals surface area contributed by atoms with Gasteiger partial charge in [0.15, 0.2) is 17.4 Å². The quantitative estimate of drug-likeness (QED) is 0.198. The molecule has 1 fully saturated rings. The zero-order chi connectivity index (χ0) is 36.8. The second-order valence-corrected chi connectivity index (χ2v) is 13.0. The van der Waals surface area contributed by atoms with E-state index in [1.807, 2.05) is 38.2 Å². The Morgan fingerprint density at radius 1 is 1.00 bits per heavy atom. The highest BCUT2D eigenvalue weighted by atomic mass is 16.3. The van der Waals surface area contributed by atoms with Crippen molar-refractivity contribution >= 4 is 56.8 Å². The fraction of sp³-hybridized carbons (Fsp3) is 0.231. The number of fused-ring (bicyclic) bond motifs is 3. The van der Waals surface area contributed by atoms with Gasteiger partial charge in [0, 0.05) is 74.0 Å². The molecule has 5 aromatic heterocycles. The van der Waals surface area contributed by atoms with Crippen LogP contribution in [0, 0.1) is 18.8 Å². The highest BCUT2D eigenvalue weighted by molar-refractivity contribution is 6.02. The Hall–Kier alpha value is -6.88. The van der Waals surface area contributed by atoms with Gasteiger partial charge in [0.1, 0.15) is 17.0 Å². The van der Waals surface area contributed by atoms with Crippen LogP contribution in [0.15, 0.2) is 76.3 Å². The molecule has 1 aromatic carbocycles. The number of likely N-dealkylation sites (N-methyl/N-ethyl adjacent to an activating group) is 1. The van der Waals surface area contributed by atoms with Gasteiger partial charge in [-0.15, -0.1) is 0 Å². The average Bonchev–Trinajstić information content (AvgIpc) is 3.59. The van der Waals surface area contributed by atoms with Gasteiger partial charge in [-0.1, -0.05) is 12.0 Å². The van der Waals surface area contributed by atoms with Gasteiger partial charge in [-0.25, -0.2) is 9.97 Å². The zero-order valence-electron chi connectivity index (χ0n) is 29.1. The Kier molecular flexibility index (Phi) is 8.38. The van der Waals surface area contributed by atoms with Crippen molar-refractivity contribution in [3.8, 4) is 23.2 Å². The summed E-state index contributed by atoms with van der Waals surface area (Å²) in [5, 5.41) is 6.74. The number of furan rings is 1. The van der Waals surface area contributed by atoms with E-state index in [9.17, 15) is 19.2 Å². The molecule has 6 aromatic rings. The molecular formula is C39H33N9O5. The summed E-state index contributed by atoms with van der Waals surface area (Å²) in [7, 11) is 3.78. The number of hydrogen-bond acceptors (Lipinski definition) is 11. The summed E-state index contributed by atoms with van der Waals surface area (Å²) in [6, 6.07) is 14.7. The molecule has 264 valence electrons. The summed E-state index contributed by atoms with van der Waals surface area (Å²) in [6.07, 6.45) is 5.55. The number of hydrogen-bond donors (Lipinski definition) is 2. The summed E-state index contributed by atoms with van der Waals surface area (Å²) in [4.78, 5) is 72.1. The number of nitrogens with one attached hydrogen (secondary N) is 2. The number of rotatable bonds is 5. The van der Waals surface area contributed by atoms with Crippen molar-refractivity contribution in [1.29, 1.82) is 0 Å². The van der Waals surface area contributed by atoms with Crippen LogP contribution in [-0.2, 0) is 16.6 Å². The fourth-order valence-corrected chi connectivity index (χ4v) is 6.86. The fourth-order valence-electron chi connectivity index (χ4n) is 6.86. The van der Waals surface area contributed by atoms with Crippen LogP contribution in [0.5, 0.6) is 0 Å². The number of carbonyl (C=O) groups is 3. The van der Waals surface area contributed by atoms with Crippen LogP contribution >= 0.6 is 0 Å². The number of anilines is 3. The Balaban J connectivity index is 0.956. The van der Waals surface area contributed by atoms with Gasteiger partial charge >= 0.3 is 0 Å². The minimum atomic E-state index is -0.553. The van der Waals surface area contributed by atoms with E-state index in [-0.39, 0.29) is 36.0 Å². The van der Waals surface area contributed by atoms with Crippen molar-refractivity contribution in [1.82, 2.24) is 35.1 Å². The predicted octanol–water partition coefficient (Wildman–Crippen LogP) is 3.73. The van der Waals surface area contributed by atoms with Crippen molar-refractivity contribution < 1.29 is 18.8 Å². The normalized spacial score (nSPS) is 15.6. The van der Waals surface area contributed by atoms with Gasteiger partial charge in [0.25, 0.3) is 11.5 Å². The average molecular weight is 708 g/mol. The molecule has 53 heavy (non-hydrogen) atoms. The molecule has 2 aliphatic rings. The van der Waals surface area contributed by atoms with Crippen molar-refractivity contribution in [2.75, 3.05) is 36.5 Å². The number of benzene rings is 1. The smallest absolute Gasteiger partial charge is 0.270 e. The number of amides is 3. The second-order valence-electron chi connectivity index (χ2n) is 13.0. The first-order valence-electron chi connectivity index (χ1n) is 17.1. The highest BCUT2D eigenvalue weighted by Crippen LogP contribution is 2.39. The largest absolute Gasteiger partial charge is 0.448 e. The number of aryl methyl sites for hydroxylation is 2. The summed E-state index contributed by atoms with van der Waals surface area (Å²) < 4.78 is 7.51. The van der Waals surface area contributed by atoms with Crippen LogP contribution in [0.1, 0.15) is 46.3 Å². The van der Waals surface area contributed by atoms with Crippen molar-refractivity contribution in [3.63, 3.8) is 0 Å². The number of imide groups is 1. The predicted molar refractivity (Wildman–Crippen MR) is 198 cm³/mol. The molecule has 0 bridgehead atoms. The SMILES string of the molecule is Cc1cc2c(N3CCN(C)c4nc(-c5ccc(C(=O)NCC#Cc6cc7c(C8CCC(=O)NC8=O)nccc7o6)nc5)ncc43)cccc2n(C)c1=O. The third kappa shape index (κ3) is 6.12. The molecule has 14 heteroatoms. The number of carbonyl (C=O) groups excluding carboxylic acids is 3. The molecule has 2 aliphatic heterocycles. The Morgan fingerprint density at radius 2 is 1.87 bits per heavy atom. The maximum absolute atomic E-state index is 12.9. The molecule has 1 saturated heterocycles. The molecule has 7 heterocycles. The zero-order valence-corrected chi connectivity index (χ0v) is 29.1. The van der Waals surface area contributed by atoms with Gasteiger partial charge in [0.2, 0.25) is 11.8 Å². The summed E-state index contributed by atoms with van der Waals surface area (Å²) in [6.45, 7) is 3.31. The monoisotopic (exact) mass is 707 g/mol. The molecule has 8 rings (SSSR count). The van der Waals surface area contributed by atoms with Crippen molar-refractivity contribution in [2.24, 2.45) is 7.05 Å². The summed E-state index contributed by atoms with van der Waals surface area (Å²) in [5.41, 5.74) is 5.25. The molecule has 0 aliphatic carbocycles. The van der Waals surface area contributed by atoms with E-state index in [1.54, 1.807) is 54.5 Å². The number of aromatic nitrogens is 5. The number of pyridine rings is 3. The molecule has 1 unspecified atom stereocenters. The second kappa shape index (κ2) is 13.3. The highest BCUT2D eigenvalue weighted by Gasteiger charge is 2.31. The van der Waals surface area contributed by atoms with E-state index >= 15 is 0 Å². The topological polar surface area (TPSA) is 168 Å². The first kappa shape index (κ1) is 33.3. The maximum atomic E-state index is 12.9. The van der Waals surface area contributed by atoms with Gasteiger partial charge < -0.3 is 24.1 Å². The third-order valence-corrected chi connectivity index (χ3v) is 9.63. The lowest BCUT2D eigenvalue weighted by Crippen LogP contribution is -2.39. The standard InChI is InChI=1S/C39H33N9O5/c1-22-18-26-29(47(3)39(22)52)7-4-8-30(26)48-17-16-46(2)36-31(48)21-43-35(45-36)23-9-11-28(42-20-23)38(51)41-14-5-6-24-19-27-32(53-24)13-15-40-34(27)25-10-12-33(49)44-37(25)50/h4,7-9,11,13,15,18-21,25H,10,12,14,16-17H2,1-3H3,(H,41,51)(H,44,49,50). The van der Waals surface area contributed by atoms with Crippen molar-refractivity contribution in [3.05, 3.63) is 100 Å². The summed E-state index contributed by atoms with van der Waals surface area (Å²) in [5.74, 6) is 5.76. The van der Waals surface area contributed by atoms with Gasteiger partial charge in [0.05, 0.1) is 35.6 Å². The Bertz CT molecular complexity index is 2600. The van der Waals surface area contributed by atoms with Crippen LogP contribution in [0.4, 0.5) is 17.2 Å². The van der Waals surface area contributed by atoms with E-state index in [1.165, 1.54) is 0 Å². The van der Waals surface area contributed by atoms with Gasteiger partial charge in [-0.3, -0.25) is 34.5 Å². The lowest BCUT2D eigenvalue weighted by atomic mass is 9.92. The summed E-state index contributed by atoms with van der Waals surface area (Å²) >= 11 is 0. The first-order chi connectivity index (χ1) is 25.7. The van der Waals surface area contributed by atoms with Gasteiger partial charge in [-0.05, 0) is 55.7 Å². The van der Waals surface area contributed by atoms with Crippen LogP contribution < -0.4 is 26.0 Å². The van der Waals surface area contributed by atoms with Crippen molar-refractivity contribution in [2.45, 2.75) is 25.7 Å². The minimum absolute atomic E-state index is 0.0195. The van der Waals surface area contributed by atoms with E-state index in [0.717, 1.165) is 34.6 Å². The maximum Gasteiger partial charge on any atom is 0.270 e. The van der Waals surface area contributed by atoms with Crippen LogP contribution in [0.2, 0.25) is 0 Å². The van der Waals surface area contributed by atoms with E-state index in [0.29, 0.717) is 52.3 Å². The van der Waals surface area contributed by atoms with E-state index in [4.69, 9.17) is 9.40 Å². The van der Waals surface area contributed by atoms with Crippen LogP contribution in [0.3, 0.4) is 0 Å². The minimum Gasteiger partial charge on any atom is -0.448 e. The molecule has 1 atom stereocenters. The van der Waals surface area contributed by atoms with Gasteiger partial charge in [-0.2, -0.15) is 0 Å². The lowest BCUT2D eigenvalue weighted by Gasteiger charge is -2.36. The van der Waals surface area contributed by atoms with Crippen LogP contribution in [0.25, 0.3) is 33.3 Å². The number of piperidine rings is 1. The number of nitrogens with zero attached hydrogens (tertiary/aromatic N) is 7. The molecule has 0 saturated carbocycles. The molecular weight excluding hydrogens is 674 g/mol. The van der Waals surface area contributed by atoms with E-state index in [2.05, 4.69) is 47.2 Å². The van der Waals surface area contributed by atoms with Crippen LogP contribution in [-0.4, -0.2) is 68.9 Å². The molecule has 14 nitrogen and oxygen atoms in total. The molecule has 0 spiro atoms. The third-order valence-electron chi connectivity index (χ3n) is 9.63. The first-order valence-corrected chi connectivity index (χ1v) is 17.1. The Morgan fingerprint density at radius 3 is 2.68 bits per heavy atom. The Labute approximate surface area is 302 Å². The molecule has 2 N–H and O–H groups in total. The lowest BCUT2D eigenvalue weighted by molar-refractivity contribution is -0.134. The molecule has 3 amide bonds.